The monoisotopic (exact) mass is 413 g/mol. The Balaban J connectivity index is 1.49. The number of aliphatic carboxylic acids is 1. The molecule has 2 aliphatic carbocycles. The topological polar surface area (TPSA) is 85.3 Å². The first-order chi connectivity index (χ1) is 14.4. The molecule has 4 aliphatic rings. The van der Waals surface area contributed by atoms with Gasteiger partial charge in [0.2, 0.25) is 0 Å². The maximum Gasteiger partial charge on any atom is 0.336 e. The summed E-state index contributed by atoms with van der Waals surface area (Å²) in [7, 11) is 0. The number of carbonyl (C=O) groups is 2. The van der Waals surface area contributed by atoms with Crippen LogP contribution in [0, 0.1) is 5.92 Å². The van der Waals surface area contributed by atoms with Crippen molar-refractivity contribution in [2.24, 2.45) is 5.92 Å². The third-order valence-corrected chi connectivity index (χ3v) is 7.42. The highest BCUT2D eigenvalue weighted by molar-refractivity contribution is 5.91. The van der Waals surface area contributed by atoms with Gasteiger partial charge in [-0.2, -0.15) is 0 Å². The molecule has 2 bridgehead atoms. The lowest BCUT2D eigenvalue weighted by atomic mass is 9.55. The van der Waals surface area contributed by atoms with Gasteiger partial charge in [0.05, 0.1) is 17.6 Å². The fourth-order valence-electron chi connectivity index (χ4n) is 5.63. The minimum Gasteiger partial charge on any atom is -0.478 e. The number of benzene rings is 1. The molecule has 1 aromatic carbocycles. The standard InChI is InChI=1S/C23H27NO6/c1-22-19-10-16-4-5-17(30-21(27)7-6-20(25)26)11-18(16)23(22,13-28-14-29-22)8-9-24(19)12-15-2-3-15/h4-7,11,15,19H,2-3,8-10,12-14H2,1H3,(H,25,26)/b7-6+/t19-,22+,23-/m1/s1. The highest BCUT2D eigenvalue weighted by Gasteiger charge is 2.63. The molecular formula is C23H27NO6. The molecule has 160 valence electrons. The lowest BCUT2D eigenvalue weighted by Crippen LogP contribution is -2.74. The third kappa shape index (κ3) is 3.16. The molecule has 0 spiro atoms. The van der Waals surface area contributed by atoms with Crippen LogP contribution in [0.1, 0.15) is 37.3 Å². The van der Waals surface area contributed by atoms with E-state index >= 15 is 0 Å². The summed E-state index contributed by atoms with van der Waals surface area (Å²) in [6.07, 6.45) is 6.18. The lowest BCUT2D eigenvalue weighted by Gasteiger charge is -2.63. The fraction of sp³-hybridized carbons (Fsp3) is 0.565. The van der Waals surface area contributed by atoms with Crippen LogP contribution in [0.4, 0.5) is 0 Å². The SMILES string of the molecule is C[C@@]12OCOC[C@@]13CCN(CC1CC1)[C@@H]2Cc1ccc(OC(=O)/C=C/C(=O)O)cc13. The number of nitrogens with zero attached hydrogens (tertiary/aromatic N) is 1. The van der Waals surface area contributed by atoms with Crippen LogP contribution in [0.15, 0.2) is 30.4 Å². The smallest absolute Gasteiger partial charge is 0.336 e. The Morgan fingerprint density at radius 1 is 1.33 bits per heavy atom. The van der Waals surface area contributed by atoms with E-state index in [2.05, 4.69) is 11.8 Å². The van der Waals surface area contributed by atoms with Gasteiger partial charge in [0.15, 0.2) is 0 Å². The van der Waals surface area contributed by atoms with Crippen molar-refractivity contribution in [3.63, 3.8) is 0 Å². The molecule has 2 saturated heterocycles. The summed E-state index contributed by atoms with van der Waals surface area (Å²) < 4.78 is 17.6. The maximum absolute atomic E-state index is 12.0. The predicted octanol–water partition coefficient (Wildman–Crippen LogP) is 2.27. The molecule has 1 N–H and O–H groups in total. The van der Waals surface area contributed by atoms with Gasteiger partial charge >= 0.3 is 11.9 Å². The second-order valence-corrected chi connectivity index (χ2v) is 9.12. The summed E-state index contributed by atoms with van der Waals surface area (Å²) in [5, 5.41) is 8.69. The molecule has 1 aromatic rings. The summed E-state index contributed by atoms with van der Waals surface area (Å²) >= 11 is 0. The zero-order valence-corrected chi connectivity index (χ0v) is 17.1. The second kappa shape index (κ2) is 7.18. The van der Waals surface area contributed by atoms with E-state index in [9.17, 15) is 9.59 Å². The van der Waals surface area contributed by atoms with Gasteiger partial charge in [-0.25, -0.2) is 9.59 Å². The minimum absolute atomic E-state index is 0.289. The van der Waals surface area contributed by atoms with Gasteiger partial charge in [0.25, 0.3) is 0 Å². The summed E-state index contributed by atoms with van der Waals surface area (Å²) in [5.74, 6) is -0.660. The van der Waals surface area contributed by atoms with Gasteiger partial charge in [-0.1, -0.05) is 6.07 Å². The highest BCUT2D eigenvalue weighted by atomic mass is 16.7. The molecule has 7 heteroatoms. The van der Waals surface area contributed by atoms with Crippen molar-refractivity contribution in [3.05, 3.63) is 41.5 Å². The third-order valence-electron chi connectivity index (χ3n) is 7.42. The minimum atomic E-state index is -1.19. The van der Waals surface area contributed by atoms with Crippen molar-refractivity contribution in [1.29, 1.82) is 0 Å². The van der Waals surface area contributed by atoms with Crippen LogP contribution in [-0.2, 0) is 30.9 Å². The van der Waals surface area contributed by atoms with Gasteiger partial charge in [-0.05, 0) is 68.3 Å². The number of piperidine rings is 1. The van der Waals surface area contributed by atoms with Gasteiger partial charge < -0.3 is 19.3 Å². The van der Waals surface area contributed by atoms with Gasteiger partial charge in [0.1, 0.15) is 12.5 Å². The van der Waals surface area contributed by atoms with Crippen molar-refractivity contribution < 1.29 is 28.9 Å². The first-order valence-corrected chi connectivity index (χ1v) is 10.6. The van der Waals surface area contributed by atoms with E-state index in [0.717, 1.165) is 49.6 Å². The van der Waals surface area contributed by atoms with Crippen LogP contribution in [0.25, 0.3) is 0 Å². The van der Waals surface area contributed by atoms with E-state index < -0.39 is 11.9 Å². The van der Waals surface area contributed by atoms with Gasteiger partial charge in [0, 0.05) is 24.7 Å². The zero-order valence-electron chi connectivity index (χ0n) is 17.1. The van der Waals surface area contributed by atoms with Crippen molar-refractivity contribution in [2.75, 3.05) is 26.5 Å². The van der Waals surface area contributed by atoms with Crippen LogP contribution in [-0.4, -0.2) is 60.1 Å². The summed E-state index contributed by atoms with van der Waals surface area (Å²) in [4.78, 5) is 25.2. The Labute approximate surface area is 175 Å². The number of carboxylic acid groups (broad SMARTS) is 1. The molecule has 5 rings (SSSR count). The Hall–Kier alpha value is -2.22. The van der Waals surface area contributed by atoms with Crippen LogP contribution >= 0.6 is 0 Å². The summed E-state index contributed by atoms with van der Waals surface area (Å²) in [6, 6.07) is 6.04. The van der Waals surface area contributed by atoms with Gasteiger partial charge in [-0.15, -0.1) is 0 Å². The summed E-state index contributed by atoms with van der Waals surface area (Å²) in [5.41, 5.74) is 1.72. The van der Waals surface area contributed by atoms with E-state index in [1.54, 1.807) is 6.07 Å². The molecule has 30 heavy (non-hydrogen) atoms. The second-order valence-electron chi connectivity index (χ2n) is 9.12. The first-order valence-electron chi connectivity index (χ1n) is 10.6. The highest BCUT2D eigenvalue weighted by Crippen LogP contribution is 2.55. The molecule has 2 heterocycles. The fourth-order valence-corrected chi connectivity index (χ4v) is 5.63. The molecule has 3 fully saturated rings. The van der Waals surface area contributed by atoms with Crippen molar-refractivity contribution >= 4 is 11.9 Å². The van der Waals surface area contributed by atoms with Crippen LogP contribution in [0.3, 0.4) is 0 Å². The lowest BCUT2D eigenvalue weighted by molar-refractivity contribution is -0.274. The predicted molar refractivity (Wildman–Crippen MR) is 107 cm³/mol. The van der Waals surface area contributed by atoms with Gasteiger partial charge in [-0.3, -0.25) is 4.90 Å². The molecule has 3 atom stereocenters. The van der Waals surface area contributed by atoms with E-state index in [0.29, 0.717) is 25.2 Å². The zero-order chi connectivity index (χ0) is 20.9. The number of fused-ring (bicyclic) bond motifs is 1. The molecule has 7 nitrogen and oxygen atoms in total. The number of hydrogen-bond donors (Lipinski definition) is 1. The molecule has 0 radical (unpaired) electrons. The average molecular weight is 413 g/mol. The number of hydrogen-bond acceptors (Lipinski definition) is 6. The van der Waals surface area contributed by atoms with Crippen LogP contribution in [0.5, 0.6) is 5.75 Å². The number of rotatable bonds is 5. The van der Waals surface area contributed by atoms with Crippen molar-refractivity contribution in [2.45, 2.75) is 49.7 Å². The Bertz CT molecular complexity index is 909. The Morgan fingerprint density at radius 3 is 2.93 bits per heavy atom. The maximum atomic E-state index is 12.0. The number of esters is 1. The molecular weight excluding hydrogens is 386 g/mol. The van der Waals surface area contributed by atoms with Crippen LogP contribution in [0.2, 0.25) is 0 Å². The number of likely N-dealkylation sites (tertiary alicyclic amines) is 1. The Morgan fingerprint density at radius 2 is 2.17 bits per heavy atom. The molecule has 0 unspecified atom stereocenters. The Kier molecular flexibility index (Phi) is 4.72. The van der Waals surface area contributed by atoms with Crippen LogP contribution < -0.4 is 4.74 Å². The molecule has 2 aliphatic heterocycles. The van der Waals surface area contributed by atoms with E-state index in [4.69, 9.17) is 19.3 Å². The van der Waals surface area contributed by atoms with E-state index in [-0.39, 0.29) is 11.0 Å². The molecule has 1 saturated carbocycles. The van der Waals surface area contributed by atoms with Crippen molar-refractivity contribution in [1.82, 2.24) is 4.90 Å². The van der Waals surface area contributed by atoms with E-state index in [1.165, 1.54) is 18.4 Å². The molecule has 0 aromatic heterocycles. The largest absolute Gasteiger partial charge is 0.478 e. The number of carbonyl (C=O) groups excluding carboxylic acids is 1. The normalized spacial score (nSPS) is 33.0. The number of ether oxygens (including phenoxy) is 3. The van der Waals surface area contributed by atoms with E-state index in [1.807, 2.05) is 12.1 Å². The average Bonchev–Trinajstić information content (AvgIpc) is 3.53. The number of carboxylic acids is 1. The quantitative estimate of drug-likeness (QED) is 0.450. The summed E-state index contributed by atoms with van der Waals surface area (Å²) in [6.45, 7) is 5.25. The molecule has 0 amide bonds. The first kappa shape index (κ1) is 19.7. The van der Waals surface area contributed by atoms with Crippen molar-refractivity contribution in [3.8, 4) is 5.75 Å².